The Kier molecular flexibility index (Phi) is 5.68. The average Bonchev–Trinajstić information content (AvgIpc) is 2.59. The highest BCUT2D eigenvalue weighted by Crippen LogP contribution is 2.26. The van der Waals surface area contributed by atoms with Gasteiger partial charge < -0.3 is 10.4 Å². The molecule has 0 saturated carbocycles. The van der Waals surface area contributed by atoms with Crippen LogP contribution in [-0.4, -0.2) is 23.0 Å². The maximum absolute atomic E-state index is 14.4. The number of nitrogens with one attached hydrogen (secondary N) is 1. The van der Waals surface area contributed by atoms with Gasteiger partial charge in [-0.05, 0) is 30.5 Å². The number of carboxylic acids is 1. The van der Waals surface area contributed by atoms with Gasteiger partial charge in [-0.15, -0.1) is 0 Å². The van der Waals surface area contributed by atoms with E-state index < -0.39 is 29.7 Å². The van der Waals surface area contributed by atoms with Gasteiger partial charge in [0.05, 0.1) is 5.92 Å². The molecule has 4 nitrogen and oxygen atoms in total. The summed E-state index contributed by atoms with van der Waals surface area (Å²) in [5.41, 5.74) is 1.73. The van der Waals surface area contributed by atoms with Crippen molar-refractivity contribution < 1.29 is 19.1 Å². The Morgan fingerprint density at radius 1 is 1.17 bits per heavy atom. The third-order valence-electron chi connectivity index (χ3n) is 3.99. The van der Waals surface area contributed by atoms with Gasteiger partial charge in [-0.2, -0.15) is 0 Å². The van der Waals surface area contributed by atoms with Crippen LogP contribution in [0.15, 0.2) is 48.5 Å². The molecule has 24 heavy (non-hydrogen) atoms. The van der Waals surface area contributed by atoms with Crippen molar-refractivity contribution in [3.8, 4) is 11.1 Å². The Hall–Kier alpha value is -2.69. The molecule has 0 aliphatic carbocycles. The minimum absolute atomic E-state index is 0.287. The quantitative estimate of drug-likeness (QED) is 0.851. The number of carbonyl (C=O) groups is 2. The van der Waals surface area contributed by atoms with Gasteiger partial charge in [0.2, 0.25) is 5.91 Å². The van der Waals surface area contributed by atoms with E-state index in [4.69, 9.17) is 5.11 Å². The van der Waals surface area contributed by atoms with Crippen LogP contribution in [0.4, 0.5) is 4.39 Å². The smallest absolute Gasteiger partial charge is 0.326 e. The first-order chi connectivity index (χ1) is 11.4. The highest BCUT2D eigenvalue weighted by atomic mass is 19.1. The van der Waals surface area contributed by atoms with Crippen molar-refractivity contribution in [1.82, 2.24) is 5.32 Å². The molecule has 0 fully saturated rings. The zero-order valence-corrected chi connectivity index (χ0v) is 13.6. The minimum Gasteiger partial charge on any atom is -0.480 e. The van der Waals surface area contributed by atoms with Crippen molar-refractivity contribution in [3.63, 3.8) is 0 Å². The lowest BCUT2D eigenvalue weighted by Gasteiger charge is -2.17. The SMILES string of the molecule is CCC(NC(=O)C(C)c1ccc(-c2ccccc2)c(F)c1)C(=O)O. The Morgan fingerprint density at radius 3 is 2.38 bits per heavy atom. The average molecular weight is 329 g/mol. The number of benzene rings is 2. The van der Waals surface area contributed by atoms with Gasteiger partial charge in [0.25, 0.3) is 0 Å². The van der Waals surface area contributed by atoms with E-state index in [2.05, 4.69) is 5.32 Å². The fourth-order valence-electron chi connectivity index (χ4n) is 2.44. The van der Waals surface area contributed by atoms with E-state index in [9.17, 15) is 14.0 Å². The molecule has 2 aromatic rings. The maximum Gasteiger partial charge on any atom is 0.326 e. The van der Waals surface area contributed by atoms with Crippen LogP contribution in [0.1, 0.15) is 31.7 Å². The molecule has 2 aromatic carbocycles. The molecule has 0 spiro atoms. The van der Waals surface area contributed by atoms with Crippen LogP contribution < -0.4 is 5.32 Å². The van der Waals surface area contributed by atoms with Crippen molar-refractivity contribution >= 4 is 11.9 Å². The maximum atomic E-state index is 14.4. The minimum atomic E-state index is -1.08. The predicted molar refractivity (Wildman–Crippen MR) is 90.1 cm³/mol. The predicted octanol–water partition coefficient (Wildman–Crippen LogP) is 3.58. The Labute approximate surface area is 140 Å². The number of aliphatic carboxylic acids is 1. The van der Waals surface area contributed by atoms with Crippen LogP contribution in [0.2, 0.25) is 0 Å². The third kappa shape index (κ3) is 3.98. The Balaban J connectivity index is 2.19. The first-order valence-electron chi connectivity index (χ1n) is 7.82. The molecule has 0 aliphatic rings. The van der Waals surface area contributed by atoms with E-state index in [1.54, 1.807) is 26.0 Å². The van der Waals surface area contributed by atoms with Gasteiger partial charge in [0, 0.05) is 5.56 Å². The molecule has 0 bridgehead atoms. The van der Waals surface area contributed by atoms with Crippen molar-refractivity contribution in [2.24, 2.45) is 0 Å². The van der Waals surface area contributed by atoms with Crippen molar-refractivity contribution in [3.05, 3.63) is 59.9 Å². The molecule has 2 unspecified atom stereocenters. The number of rotatable bonds is 6. The summed E-state index contributed by atoms with van der Waals surface area (Å²) in [6, 6.07) is 12.9. The molecule has 0 aromatic heterocycles. The Bertz CT molecular complexity index is 731. The van der Waals surface area contributed by atoms with E-state index in [-0.39, 0.29) is 6.42 Å². The van der Waals surface area contributed by atoms with Crippen LogP contribution in [0.25, 0.3) is 11.1 Å². The molecule has 126 valence electrons. The molecule has 2 atom stereocenters. The van der Waals surface area contributed by atoms with Gasteiger partial charge in [-0.3, -0.25) is 4.79 Å². The fourth-order valence-corrected chi connectivity index (χ4v) is 2.44. The lowest BCUT2D eigenvalue weighted by atomic mass is 9.96. The molecule has 2 rings (SSSR count). The topological polar surface area (TPSA) is 66.4 Å². The van der Waals surface area contributed by atoms with Crippen molar-refractivity contribution in [2.45, 2.75) is 32.2 Å². The zero-order valence-electron chi connectivity index (χ0n) is 13.6. The highest BCUT2D eigenvalue weighted by Gasteiger charge is 2.23. The van der Waals surface area contributed by atoms with Gasteiger partial charge in [0.1, 0.15) is 11.9 Å². The monoisotopic (exact) mass is 329 g/mol. The molecule has 0 aliphatic heterocycles. The zero-order chi connectivity index (χ0) is 17.7. The standard InChI is InChI=1S/C19H20FNO3/c1-3-17(19(23)24)21-18(22)12(2)14-9-10-15(16(20)11-14)13-7-5-4-6-8-13/h4-12,17H,3H2,1-2H3,(H,21,22)(H,23,24). The third-order valence-corrected chi connectivity index (χ3v) is 3.99. The summed E-state index contributed by atoms with van der Waals surface area (Å²) in [6.45, 7) is 3.30. The number of carboxylic acid groups (broad SMARTS) is 1. The van der Waals surface area contributed by atoms with Crippen LogP contribution >= 0.6 is 0 Å². The first kappa shape index (κ1) is 17.7. The highest BCUT2D eigenvalue weighted by molar-refractivity contribution is 5.88. The molecule has 0 heterocycles. The molecule has 5 heteroatoms. The van der Waals surface area contributed by atoms with Crippen LogP contribution in [0.5, 0.6) is 0 Å². The molecular formula is C19H20FNO3. The lowest BCUT2D eigenvalue weighted by molar-refractivity contribution is -0.142. The normalized spacial score (nSPS) is 13.1. The number of halogens is 1. The van der Waals surface area contributed by atoms with Gasteiger partial charge in [0.15, 0.2) is 0 Å². The summed E-state index contributed by atoms with van der Waals surface area (Å²) in [4.78, 5) is 23.2. The number of amides is 1. The molecule has 0 radical (unpaired) electrons. The summed E-state index contributed by atoms with van der Waals surface area (Å²) in [6.07, 6.45) is 0.287. The summed E-state index contributed by atoms with van der Waals surface area (Å²) >= 11 is 0. The summed E-state index contributed by atoms with van der Waals surface area (Å²) < 4.78 is 14.4. The van der Waals surface area contributed by atoms with E-state index in [1.165, 1.54) is 6.07 Å². The summed E-state index contributed by atoms with van der Waals surface area (Å²) in [7, 11) is 0. The molecule has 2 N–H and O–H groups in total. The van der Waals surface area contributed by atoms with Gasteiger partial charge in [-0.1, -0.05) is 49.4 Å². The summed E-state index contributed by atoms with van der Waals surface area (Å²) in [5, 5.41) is 11.5. The van der Waals surface area contributed by atoms with Gasteiger partial charge >= 0.3 is 5.97 Å². The van der Waals surface area contributed by atoms with Crippen LogP contribution in [-0.2, 0) is 9.59 Å². The molecule has 0 saturated heterocycles. The van der Waals surface area contributed by atoms with E-state index in [0.29, 0.717) is 11.1 Å². The molecular weight excluding hydrogens is 309 g/mol. The van der Waals surface area contributed by atoms with E-state index >= 15 is 0 Å². The summed E-state index contributed by atoms with van der Waals surface area (Å²) in [5.74, 6) is -2.57. The van der Waals surface area contributed by atoms with Crippen LogP contribution in [0.3, 0.4) is 0 Å². The second kappa shape index (κ2) is 7.73. The van der Waals surface area contributed by atoms with E-state index in [1.807, 2.05) is 30.3 Å². The number of hydrogen-bond acceptors (Lipinski definition) is 2. The molecule has 1 amide bonds. The van der Waals surface area contributed by atoms with E-state index in [0.717, 1.165) is 5.56 Å². The lowest BCUT2D eigenvalue weighted by Crippen LogP contribution is -2.42. The van der Waals surface area contributed by atoms with Crippen molar-refractivity contribution in [2.75, 3.05) is 0 Å². The first-order valence-corrected chi connectivity index (χ1v) is 7.82. The van der Waals surface area contributed by atoms with Gasteiger partial charge in [-0.25, -0.2) is 9.18 Å². The second-order valence-corrected chi connectivity index (χ2v) is 5.63. The largest absolute Gasteiger partial charge is 0.480 e. The number of carbonyl (C=O) groups excluding carboxylic acids is 1. The second-order valence-electron chi connectivity index (χ2n) is 5.63. The van der Waals surface area contributed by atoms with Crippen LogP contribution in [0, 0.1) is 5.82 Å². The number of hydrogen-bond donors (Lipinski definition) is 2. The fraction of sp³-hybridized carbons (Fsp3) is 0.263. The van der Waals surface area contributed by atoms with Crippen molar-refractivity contribution in [1.29, 1.82) is 0 Å². The Morgan fingerprint density at radius 2 is 1.83 bits per heavy atom.